The van der Waals surface area contributed by atoms with Gasteiger partial charge in [0, 0.05) is 18.3 Å². The van der Waals surface area contributed by atoms with Crippen LogP contribution in [-0.2, 0) is 15.1 Å². The number of hydrogen-bond acceptors (Lipinski definition) is 2. The Kier molecular flexibility index (Phi) is 4.53. The molecule has 27 heavy (non-hydrogen) atoms. The average Bonchev–Trinajstić information content (AvgIpc) is 3.08. The van der Waals surface area contributed by atoms with Crippen LogP contribution in [-0.4, -0.2) is 20.5 Å². The van der Waals surface area contributed by atoms with Crippen LogP contribution in [0.3, 0.4) is 0 Å². The summed E-state index contributed by atoms with van der Waals surface area (Å²) in [5.74, 6) is 0.496. The summed E-state index contributed by atoms with van der Waals surface area (Å²) < 4.78 is 6.47. The van der Waals surface area contributed by atoms with Crippen LogP contribution in [0, 0.1) is 11.8 Å². The zero-order valence-electron chi connectivity index (χ0n) is 16.0. The first-order valence-electron chi connectivity index (χ1n) is 9.61. The molecule has 2 aromatic rings. The third kappa shape index (κ3) is 2.95. The summed E-state index contributed by atoms with van der Waals surface area (Å²) in [5, 5.41) is 2.66. The minimum absolute atomic E-state index is 0.111. The van der Waals surface area contributed by atoms with E-state index in [1.165, 1.54) is 10.4 Å². The van der Waals surface area contributed by atoms with Crippen LogP contribution in [0.2, 0.25) is 13.1 Å². The zero-order chi connectivity index (χ0) is 19.1. The van der Waals surface area contributed by atoms with Gasteiger partial charge in [-0.05, 0) is 17.7 Å². The zero-order valence-corrected chi connectivity index (χ0v) is 17.0. The van der Waals surface area contributed by atoms with Crippen LogP contribution in [0.1, 0.15) is 12.0 Å². The molecular weight excluding hydrogens is 348 g/mol. The van der Waals surface area contributed by atoms with Crippen LogP contribution < -0.4 is 5.19 Å². The standard InChI is InChI=1S/C24H26O2Si/c1-18(27(2,3)21-12-8-5-9-13-21)22-17-26-24(19-10-6-4-7-11-19)15-14-20(25)16-23(22)24/h4-15,22-23H,1,16-17H2,2-3H3/t22-,23+,24-/m0/s1. The largest absolute Gasteiger partial charge is 0.365 e. The van der Waals surface area contributed by atoms with E-state index in [9.17, 15) is 4.79 Å². The highest BCUT2D eigenvalue weighted by Gasteiger charge is 2.53. The lowest BCUT2D eigenvalue weighted by molar-refractivity contribution is -0.118. The molecule has 2 aromatic carbocycles. The highest BCUT2D eigenvalue weighted by molar-refractivity contribution is 6.95. The number of carbonyl (C=O) groups excluding carboxylic acids is 1. The Balaban J connectivity index is 1.73. The first-order chi connectivity index (χ1) is 12.9. The fourth-order valence-electron chi connectivity index (χ4n) is 4.66. The molecule has 0 bridgehead atoms. The van der Waals surface area contributed by atoms with Gasteiger partial charge in [0.2, 0.25) is 0 Å². The van der Waals surface area contributed by atoms with Crippen LogP contribution in [0.25, 0.3) is 0 Å². The second kappa shape index (κ2) is 6.74. The van der Waals surface area contributed by atoms with Crippen molar-refractivity contribution in [2.45, 2.75) is 25.1 Å². The number of fused-ring (bicyclic) bond motifs is 1. The molecule has 0 amide bonds. The Morgan fingerprint density at radius 3 is 2.37 bits per heavy atom. The summed E-state index contributed by atoms with van der Waals surface area (Å²) in [4.78, 5) is 12.3. The lowest BCUT2D eigenvalue weighted by atomic mass is 9.71. The number of ether oxygens (including phenoxy) is 1. The molecule has 1 aliphatic carbocycles. The van der Waals surface area contributed by atoms with Gasteiger partial charge in [0.05, 0.1) is 6.61 Å². The molecule has 1 saturated heterocycles. The van der Waals surface area contributed by atoms with Gasteiger partial charge in [0.25, 0.3) is 0 Å². The lowest BCUT2D eigenvalue weighted by Crippen LogP contribution is -2.48. The van der Waals surface area contributed by atoms with Gasteiger partial charge >= 0.3 is 0 Å². The third-order valence-corrected chi connectivity index (χ3v) is 10.2. The molecule has 4 rings (SSSR count). The topological polar surface area (TPSA) is 26.3 Å². The maximum Gasteiger partial charge on any atom is 0.155 e. The van der Waals surface area contributed by atoms with Crippen LogP contribution in [0.5, 0.6) is 0 Å². The van der Waals surface area contributed by atoms with E-state index in [1.807, 2.05) is 24.3 Å². The molecule has 0 radical (unpaired) electrons. The molecule has 0 saturated carbocycles. The number of carbonyl (C=O) groups is 1. The van der Waals surface area contributed by atoms with Crippen molar-refractivity contribution in [2.24, 2.45) is 11.8 Å². The van der Waals surface area contributed by atoms with Gasteiger partial charge in [-0.1, -0.05) is 84.1 Å². The van der Waals surface area contributed by atoms with E-state index in [0.29, 0.717) is 13.0 Å². The minimum atomic E-state index is -1.89. The van der Waals surface area contributed by atoms with Gasteiger partial charge in [-0.2, -0.15) is 0 Å². The summed E-state index contributed by atoms with van der Waals surface area (Å²) in [6.07, 6.45) is 4.21. The van der Waals surface area contributed by atoms with E-state index >= 15 is 0 Å². The number of rotatable bonds is 4. The van der Waals surface area contributed by atoms with Crippen molar-refractivity contribution < 1.29 is 9.53 Å². The van der Waals surface area contributed by atoms with E-state index in [0.717, 1.165) is 5.56 Å². The Hall–Kier alpha value is -2.23. The molecule has 3 heteroatoms. The van der Waals surface area contributed by atoms with Crippen LogP contribution >= 0.6 is 0 Å². The lowest BCUT2D eigenvalue weighted by Gasteiger charge is -2.38. The van der Waals surface area contributed by atoms with Crippen LogP contribution in [0.15, 0.2) is 84.6 Å². The molecule has 2 aliphatic rings. The highest BCUT2D eigenvalue weighted by atomic mass is 28.3. The third-order valence-electron chi connectivity index (χ3n) is 6.45. The Morgan fingerprint density at radius 1 is 1.07 bits per heavy atom. The van der Waals surface area contributed by atoms with Crippen LogP contribution in [0.4, 0.5) is 0 Å². The highest BCUT2D eigenvalue weighted by Crippen LogP contribution is 2.52. The molecule has 0 N–H and O–H groups in total. The van der Waals surface area contributed by atoms with Gasteiger partial charge in [-0.25, -0.2) is 0 Å². The smallest absolute Gasteiger partial charge is 0.155 e. The van der Waals surface area contributed by atoms with E-state index in [1.54, 1.807) is 6.08 Å². The molecule has 0 aromatic heterocycles. The van der Waals surface area contributed by atoms with Gasteiger partial charge in [-0.15, -0.1) is 6.58 Å². The second-order valence-corrected chi connectivity index (χ2v) is 12.7. The number of ketones is 1. The van der Waals surface area contributed by atoms with Gasteiger partial charge in [-0.3, -0.25) is 4.79 Å². The molecule has 1 heterocycles. The fourth-order valence-corrected chi connectivity index (χ4v) is 7.26. The average molecular weight is 375 g/mol. The van der Waals surface area contributed by atoms with Gasteiger partial charge < -0.3 is 4.74 Å². The molecule has 0 spiro atoms. The van der Waals surface area contributed by atoms with Crippen molar-refractivity contribution in [3.63, 3.8) is 0 Å². The first-order valence-corrected chi connectivity index (χ1v) is 12.6. The Bertz CT molecular complexity index is 885. The monoisotopic (exact) mass is 374 g/mol. The van der Waals surface area contributed by atoms with Crippen molar-refractivity contribution in [2.75, 3.05) is 6.61 Å². The molecule has 2 nitrogen and oxygen atoms in total. The maximum atomic E-state index is 12.3. The first kappa shape index (κ1) is 18.1. The second-order valence-electron chi connectivity index (χ2n) is 8.20. The number of benzene rings is 2. The van der Waals surface area contributed by atoms with Crippen molar-refractivity contribution >= 4 is 19.0 Å². The van der Waals surface area contributed by atoms with Crippen molar-refractivity contribution in [1.82, 2.24) is 0 Å². The molecule has 1 aliphatic heterocycles. The van der Waals surface area contributed by atoms with E-state index in [4.69, 9.17) is 4.74 Å². The minimum Gasteiger partial charge on any atom is -0.365 e. The molecule has 138 valence electrons. The number of hydrogen-bond donors (Lipinski definition) is 0. The Morgan fingerprint density at radius 2 is 1.70 bits per heavy atom. The van der Waals surface area contributed by atoms with Crippen molar-refractivity contribution in [3.05, 3.63) is 90.2 Å². The quantitative estimate of drug-likeness (QED) is 0.742. The summed E-state index contributed by atoms with van der Waals surface area (Å²) in [6.45, 7) is 9.91. The summed E-state index contributed by atoms with van der Waals surface area (Å²) in [5.41, 5.74) is 0.623. The summed E-state index contributed by atoms with van der Waals surface area (Å²) >= 11 is 0. The molecule has 3 atom stereocenters. The Labute approximate surface area is 162 Å². The molecule has 0 unspecified atom stereocenters. The summed E-state index contributed by atoms with van der Waals surface area (Å²) in [6, 6.07) is 21.0. The van der Waals surface area contributed by atoms with Crippen molar-refractivity contribution in [3.8, 4) is 0 Å². The van der Waals surface area contributed by atoms with E-state index in [2.05, 4.69) is 62.1 Å². The molecular formula is C24H26O2Si. The van der Waals surface area contributed by atoms with Gasteiger partial charge in [0.15, 0.2) is 5.78 Å². The predicted molar refractivity (Wildman–Crippen MR) is 113 cm³/mol. The van der Waals surface area contributed by atoms with Gasteiger partial charge in [0.1, 0.15) is 13.7 Å². The normalized spacial score (nSPS) is 27.4. The SMILES string of the molecule is C=C([C@@H]1CO[C@]2(c3ccccc3)C=CC(=O)C[C@H]12)[Si](C)(C)c1ccccc1. The van der Waals surface area contributed by atoms with Crippen molar-refractivity contribution in [1.29, 1.82) is 0 Å². The van der Waals surface area contributed by atoms with E-state index < -0.39 is 13.7 Å². The number of allylic oxidation sites excluding steroid dienone is 1. The predicted octanol–water partition coefficient (Wildman–Crippen LogP) is 4.38. The molecule has 1 fully saturated rings. The summed E-state index contributed by atoms with van der Waals surface area (Å²) in [7, 11) is -1.89. The maximum absolute atomic E-state index is 12.3. The fraction of sp³-hybridized carbons (Fsp3) is 0.292. The van der Waals surface area contributed by atoms with E-state index in [-0.39, 0.29) is 17.6 Å².